The second kappa shape index (κ2) is 4.90. The summed E-state index contributed by atoms with van der Waals surface area (Å²) >= 11 is 0. The fourth-order valence-corrected chi connectivity index (χ4v) is 0.258. The maximum Gasteiger partial charge on any atom is 0.146 e. The lowest BCUT2D eigenvalue weighted by Crippen LogP contribution is -3.00. The van der Waals surface area contributed by atoms with Crippen molar-refractivity contribution in [3.63, 3.8) is 0 Å². The normalized spacial score (nSPS) is 11.3. The third-order valence-corrected chi connectivity index (χ3v) is 0.629. The minimum Gasteiger partial charge on any atom is -1.00 e. The highest BCUT2D eigenvalue weighted by Gasteiger charge is 2.00. The number of halogens is 1. The zero-order valence-electron chi connectivity index (χ0n) is 7.30. The van der Waals surface area contributed by atoms with E-state index in [-0.39, 0.29) is 24.0 Å². The van der Waals surface area contributed by atoms with Crippen molar-refractivity contribution >= 4 is 6.34 Å². The summed E-state index contributed by atoms with van der Waals surface area (Å²) in [4.78, 5) is 1.92. The van der Waals surface area contributed by atoms with E-state index in [2.05, 4.69) is 5.10 Å². The van der Waals surface area contributed by atoms with Crippen molar-refractivity contribution in [1.29, 1.82) is 0 Å². The Morgan fingerprint density at radius 2 is 1.60 bits per heavy atom. The van der Waals surface area contributed by atoms with Crippen LogP contribution < -0.4 is 24.0 Å². The highest BCUT2D eigenvalue weighted by atomic mass is 127. The third-order valence-electron chi connectivity index (χ3n) is 0.629. The van der Waals surface area contributed by atoms with E-state index in [0.29, 0.717) is 4.59 Å². The van der Waals surface area contributed by atoms with E-state index in [1.807, 2.05) is 40.1 Å². The lowest BCUT2D eigenvalue weighted by Gasteiger charge is -2.15. The van der Waals surface area contributed by atoms with Gasteiger partial charge in [0.1, 0.15) is 6.34 Å². The van der Waals surface area contributed by atoms with Gasteiger partial charge < -0.3 is 28.9 Å². The van der Waals surface area contributed by atoms with Crippen LogP contribution >= 0.6 is 0 Å². The molecule has 10 heavy (non-hydrogen) atoms. The average molecular weight is 257 g/mol. The van der Waals surface area contributed by atoms with Crippen LogP contribution in [0.4, 0.5) is 0 Å². The van der Waals surface area contributed by atoms with E-state index in [0.717, 1.165) is 0 Å². The summed E-state index contributed by atoms with van der Waals surface area (Å²) in [6, 6.07) is 0. The van der Waals surface area contributed by atoms with Crippen LogP contribution in [0.15, 0.2) is 5.10 Å². The van der Waals surface area contributed by atoms with E-state index >= 15 is 0 Å². The lowest BCUT2D eigenvalue weighted by atomic mass is 10.9. The van der Waals surface area contributed by atoms with Crippen molar-refractivity contribution in [2.75, 3.05) is 35.2 Å². The average Bonchev–Trinajstić information content (AvgIpc) is 1.59. The molecule has 0 fully saturated rings. The Balaban J connectivity index is 0. The van der Waals surface area contributed by atoms with Crippen LogP contribution in [0.2, 0.25) is 0 Å². The Bertz CT molecular complexity index is 104. The van der Waals surface area contributed by atoms with Gasteiger partial charge in [-0.15, -0.1) is 0 Å². The Hall–Kier alpha value is 0.160. The molecule has 0 aromatic rings. The minimum atomic E-state index is 0. The quantitative estimate of drug-likeness (QED) is 0.172. The summed E-state index contributed by atoms with van der Waals surface area (Å²) < 4.78 is 0.623. The molecule has 0 radical (unpaired) electrons. The van der Waals surface area contributed by atoms with Crippen molar-refractivity contribution in [2.24, 2.45) is 5.10 Å². The predicted molar refractivity (Wildman–Crippen MR) is 40.2 cm³/mol. The maximum atomic E-state index is 4.19. The monoisotopic (exact) mass is 257 g/mol. The number of hydrogen-bond acceptors (Lipinski definition) is 1. The molecule has 0 bridgehead atoms. The van der Waals surface area contributed by atoms with Gasteiger partial charge in [-0.05, 0) is 0 Å². The standard InChI is InChI=1S/C6H16N3.HI/c1-8(2)6-7-9(3,4)5;/h6H,1-5H3;1H/q+1;/p-1/b7-6+;. The highest BCUT2D eigenvalue weighted by Crippen LogP contribution is 1.87. The van der Waals surface area contributed by atoms with Crippen molar-refractivity contribution in [2.45, 2.75) is 0 Å². The predicted octanol–water partition coefficient (Wildman–Crippen LogP) is -2.80. The Morgan fingerprint density at radius 1 is 1.20 bits per heavy atom. The van der Waals surface area contributed by atoms with Gasteiger partial charge in [0, 0.05) is 14.1 Å². The Labute approximate surface area is 80.3 Å². The Morgan fingerprint density at radius 3 is 1.70 bits per heavy atom. The van der Waals surface area contributed by atoms with Crippen LogP contribution in [0.1, 0.15) is 0 Å². The second-order valence-corrected chi connectivity index (χ2v) is 3.14. The third kappa shape index (κ3) is 11.0. The van der Waals surface area contributed by atoms with Crippen LogP contribution in [-0.2, 0) is 0 Å². The molecular formula is C6H16IN3. The van der Waals surface area contributed by atoms with Gasteiger partial charge in [0.2, 0.25) is 0 Å². The van der Waals surface area contributed by atoms with E-state index in [1.165, 1.54) is 0 Å². The fourth-order valence-electron chi connectivity index (χ4n) is 0.258. The fraction of sp³-hybridized carbons (Fsp3) is 0.833. The number of quaternary nitrogens is 1. The van der Waals surface area contributed by atoms with E-state index in [4.69, 9.17) is 0 Å². The first-order valence-electron chi connectivity index (χ1n) is 2.95. The van der Waals surface area contributed by atoms with Crippen LogP contribution in [0, 0.1) is 0 Å². The summed E-state index contributed by atoms with van der Waals surface area (Å²) in [5.41, 5.74) is 0. The van der Waals surface area contributed by atoms with Crippen LogP contribution in [0.25, 0.3) is 0 Å². The molecule has 0 amide bonds. The molecule has 0 saturated heterocycles. The van der Waals surface area contributed by atoms with Crippen molar-refractivity contribution in [1.82, 2.24) is 4.90 Å². The van der Waals surface area contributed by atoms with Crippen molar-refractivity contribution < 1.29 is 28.6 Å². The highest BCUT2D eigenvalue weighted by molar-refractivity contribution is 5.52. The van der Waals surface area contributed by atoms with Gasteiger partial charge in [-0.3, -0.25) is 0 Å². The van der Waals surface area contributed by atoms with Crippen LogP contribution in [-0.4, -0.2) is 51.1 Å². The van der Waals surface area contributed by atoms with Gasteiger partial charge in [0.25, 0.3) is 0 Å². The zero-order chi connectivity index (χ0) is 7.49. The molecule has 0 aromatic heterocycles. The SMILES string of the molecule is CN(C)/C=N/[N+](C)(C)C.[I-]. The topological polar surface area (TPSA) is 15.6 Å². The minimum absolute atomic E-state index is 0. The molecule has 0 aliphatic carbocycles. The second-order valence-electron chi connectivity index (χ2n) is 3.14. The molecule has 0 heterocycles. The maximum absolute atomic E-state index is 4.19. The number of hydrogen-bond donors (Lipinski definition) is 0. The van der Waals surface area contributed by atoms with Crippen molar-refractivity contribution in [3.8, 4) is 0 Å². The molecule has 0 aliphatic rings. The summed E-state index contributed by atoms with van der Waals surface area (Å²) in [5, 5.41) is 4.19. The zero-order valence-corrected chi connectivity index (χ0v) is 9.45. The van der Waals surface area contributed by atoms with E-state index < -0.39 is 0 Å². The summed E-state index contributed by atoms with van der Waals surface area (Å²) in [5.74, 6) is 0. The molecule has 0 spiro atoms. The molecule has 0 N–H and O–H groups in total. The number of rotatable bonds is 2. The summed E-state index contributed by atoms with van der Waals surface area (Å²) in [7, 11) is 9.96. The molecule has 3 nitrogen and oxygen atoms in total. The molecule has 62 valence electrons. The molecule has 0 rings (SSSR count). The molecule has 0 atom stereocenters. The molecule has 0 aromatic carbocycles. The Kier molecular flexibility index (Phi) is 6.27. The van der Waals surface area contributed by atoms with Crippen LogP contribution in [0.3, 0.4) is 0 Å². The first-order chi connectivity index (χ1) is 3.92. The van der Waals surface area contributed by atoms with Gasteiger partial charge in [-0.2, -0.15) is 0 Å². The number of nitrogens with zero attached hydrogens (tertiary/aromatic N) is 3. The first-order valence-corrected chi connectivity index (χ1v) is 2.95. The van der Waals surface area contributed by atoms with Gasteiger partial charge in [-0.1, -0.05) is 5.10 Å². The molecule has 0 unspecified atom stereocenters. The molecular weight excluding hydrogens is 241 g/mol. The summed E-state index contributed by atoms with van der Waals surface area (Å²) in [6.45, 7) is 0. The first kappa shape index (κ1) is 12.8. The van der Waals surface area contributed by atoms with Crippen molar-refractivity contribution in [3.05, 3.63) is 0 Å². The van der Waals surface area contributed by atoms with E-state index in [9.17, 15) is 0 Å². The van der Waals surface area contributed by atoms with Crippen LogP contribution in [0.5, 0.6) is 0 Å². The van der Waals surface area contributed by atoms with Gasteiger partial charge in [0.05, 0.1) is 21.1 Å². The summed E-state index contributed by atoms with van der Waals surface area (Å²) in [6.07, 6.45) is 1.81. The smallest absolute Gasteiger partial charge is 0.146 e. The van der Waals surface area contributed by atoms with Gasteiger partial charge in [0.15, 0.2) is 0 Å². The largest absolute Gasteiger partial charge is 1.00 e. The van der Waals surface area contributed by atoms with Gasteiger partial charge >= 0.3 is 0 Å². The molecule has 4 heteroatoms. The molecule has 0 aliphatic heterocycles. The van der Waals surface area contributed by atoms with E-state index in [1.54, 1.807) is 6.34 Å². The molecule has 0 saturated carbocycles. The lowest BCUT2D eigenvalue weighted by molar-refractivity contribution is -0.876. The van der Waals surface area contributed by atoms with Gasteiger partial charge in [-0.25, -0.2) is 4.59 Å².